The van der Waals surface area contributed by atoms with Crippen molar-refractivity contribution >= 4 is 17.5 Å². The molecule has 0 bridgehead atoms. The van der Waals surface area contributed by atoms with Gasteiger partial charge < -0.3 is 16.4 Å². The van der Waals surface area contributed by atoms with Crippen LogP contribution in [0.5, 0.6) is 0 Å². The summed E-state index contributed by atoms with van der Waals surface area (Å²) in [6.07, 6.45) is 6.39. The number of nitrogens with two attached hydrogens (primary N) is 1. The standard InChI is InChI=1S/C18H27N3O2/c1-2-17(22)20-15-10-6-9-14(11-15)18(23)21-16(12-19)13-7-4-3-5-8-13/h6,9-11,13,16H,2-5,7-8,12,19H2,1H3,(H,20,22)(H,21,23). The number of carbonyl (C=O) groups is 2. The number of rotatable bonds is 6. The summed E-state index contributed by atoms with van der Waals surface area (Å²) in [6.45, 7) is 2.25. The molecular weight excluding hydrogens is 290 g/mol. The topological polar surface area (TPSA) is 84.2 Å². The van der Waals surface area contributed by atoms with Crippen molar-refractivity contribution in [2.75, 3.05) is 11.9 Å². The van der Waals surface area contributed by atoms with E-state index in [0.717, 1.165) is 12.8 Å². The monoisotopic (exact) mass is 317 g/mol. The Balaban J connectivity index is 2.01. The van der Waals surface area contributed by atoms with Gasteiger partial charge in [0.25, 0.3) is 5.91 Å². The lowest BCUT2D eigenvalue weighted by Gasteiger charge is -2.30. The van der Waals surface area contributed by atoms with Crippen molar-refractivity contribution < 1.29 is 9.59 Å². The summed E-state index contributed by atoms with van der Waals surface area (Å²) in [6, 6.07) is 7.05. The molecule has 5 nitrogen and oxygen atoms in total. The summed E-state index contributed by atoms with van der Waals surface area (Å²) in [7, 11) is 0. The second-order valence-corrected chi connectivity index (χ2v) is 6.20. The van der Waals surface area contributed by atoms with Crippen LogP contribution in [0.4, 0.5) is 5.69 Å². The van der Waals surface area contributed by atoms with Crippen LogP contribution in [0.15, 0.2) is 24.3 Å². The molecule has 1 aliphatic carbocycles. The van der Waals surface area contributed by atoms with Gasteiger partial charge in [-0.1, -0.05) is 32.3 Å². The summed E-state index contributed by atoms with van der Waals surface area (Å²) < 4.78 is 0. The Bertz CT molecular complexity index is 539. The van der Waals surface area contributed by atoms with Crippen LogP contribution in [-0.2, 0) is 4.79 Å². The van der Waals surface area contributed by atoms with E-state index in [0.29, 0.717) is 30.1 Å². The maximum absolute atomic E-state index is 12.5. The van der Waals surface area contributed by atoms with Crippen LogP contribution < -0.4 is 16.4 Å². The van der Waals surface area contributed by atoms with Crippen molar-refractivity contribution in [2.45, 2.75) is 51.5 Å². The number of benzene rings is 1. The van der Waals surface area contributed by atoms with Gasteiger partial charge in [-0.2, -0.15) is 0 Å². The first kappa shape index (κ1) is 17.5. The van der Waals surface area contributed by atoms with Crippen molar-refractivity contribution in [2.24, 2.45) is 11.7 Å². The Labute approximate surface area is 138 Å². The summed E-state index contributed by atoms with van der Waals surface area (Å²) in [5.41, 5.74) is 7.07. The lowest BCUT2D eigenvalue weighted by Crippen LogP contribution is -2.45. The van der Waals surface area contributed by atoms with E-state index in [9.17, 15) is 9.59 Å². The van der Waals surface area contributed by atoms with Gasteiger partial charge >= 0.3 is 0 Å². The summed E-state index contributed by atoms with van der Waals surface area (Å²) in [5.74, 6) is 0.281. The van der Waals surface area contributed by atoms with Crippen molar-refractivity contribution in [1.29, 1.82) is 0 Å². The minimum atomic E-state index is -0.126. The lowest BCUT2D eigenvalue weighted by molar-refractivity contribution is -0.115. The molecule has 1 unspecified atom stereocenters. The van der Waals surface area contributed by atoms with Crippen molar-refractivity contribution in [3.05, 3.63) is 29.8 Å². The fraction of sp³-hybridized carbons (Fsp3) is 0.556. The molecule has 2 amide bonds. The molecule has 0 saturated heterocycles. The van der Waals surface area contributed by atoms with Crippen LogP contribution in [0.2, 0.25) is 0 Å². The smallest absolute Gasteiger partial charge is 0.251 e. The molecule has 1 saturated carbocycles. The summed E-state index contributed by atoms with van der Waals surface area (Å²) in [5, 5.41) is 5.84. The summed E-state index contributed by atoms with van der Waals surface area (Å²) >= 11 is 0. The van der Waals surface area contributed by atoms with Crippen LogP contribution in [0, 0.1) is 5.92 Å². The zero-order valence-electron chi connectivity index (χ0n) is 13.8. The SMILES string of the molecule is CCC(=O)Nc1cccc(C(=O)NC(CN)C2CCCCC2)c1. The Morgan fingerprint density at radius 2 is 2.00 bits per heavy atom. The molecule has 0 aromatic heterocycles. The highest BCUT2D eigenvalue weighted by Gasteiger charge is 2.24. The molecule has 0 heterocycles. The molecule has 1 aliphatic rings. The van der Waals surface area contributed by atoms with E-state index < -0.39 is 0 Å². The quantitative estimate of drug-likeness (QED) is 0.754. The molecule has 23 heavy (non-hydrogen) atoms. The zero-order valence-corrected chi connectivity index (χ0v) is 13.8. The third kappa shape index (κ3) is 5.06. The average Bonchev–Trinajstić information content (AvgIpc) is 2.60. The highest BCUT2D eigenvalue weighted by atomic mass is 16.2. The van der Waals surface area contributed by atoms with Crippen LogP contribution in [0.25, 0.3) is 0 Å². The fourth-order valence-electron chi connectivity index (χ4n) is 3.15. The van der Waals surface area contributed by atoms with Crippen molar-refractivity contribution in [3.63, 3.8) is 0 Å². The molecule has 2 rings (SSSR count). The van der Waals surface area contributed by atoms with E-state index in [2.05, 4.69) is 10.6 Å². The molecule has 0 radical (unpaired) electrons. The first-order valence-corrected chi connectivity index (χ1v) is 8.55. The van der Waals surface area contributed by atoms with Gasteiger partial charge in [-0.25, -0.2) is 0 Å². The number of hydrogen-bond donors (Lipinski definition) is 3. The molecule has 1 atom stereocenters. The van der Waals surface area contributed by atoms with Crippen molar-refractivity contribution in [3.8, 4) is 0 Å². The molecule has 4 N–H and O–H groups in total. The van der Waals surface area contributed by atoms with E-state index in [4.69, 9.17) is 5.73 Å². The molecule has 5 heteroatoms. The second kappa shape index (κ2) is 8.67. The van der Waals surface area contributed by atoms with E-state index >= 15 is 0 Å². The highest BCUT2D eigenvalue weighted by molar-refractivity contribution is 5.97. The Morgan fingerprint density at radius 3 is 2.65 bits per heavy atom. The van der Waals surface area contributed by atoms with Crippen LogP contribution in [0.3, 0.4) is 0 Å². The predicted octanol–water partition coefficient (Wildman–Crippen LogP) is 2.67. The predicted molar refractivity (Wildman–Crippen MR) is 92.2 cm³/mol. The van der Waals surface area contributed by atoms with E-state index in [-0.39, 0.29) is 17.9 Å². The highest BCUT2D eigenvalue weighted by Crippen LogP contribution is 2.26. The Kier molecular flexibility index (Phi) is 6.59. The Hall–Kier alpha value is -1.88. The molecule has 126 valence electrons. The number of anilines is 1. The van der Waals surface area contributed by atoms with Gasteiger partial charge in [-0.15, -0.1) is 0 Å². The summed E-state index contributed by atoms with van der Waals surface area (Å²) in [4.78, 5) is 23.9. The molecule has 0 spiro atoms. The first-order valence-electron chi connectivity index (χ1n) is 8.55. The molecule has 0 aliphatic heterocycles. The fourth-order valence-corrected chi connectivity index (χ4v) is 3.15. The van der Waals surface area contributed by atoms with Gasteiger partial charge in [0.1, 0.15) is 0 Å². The zero-order chi connectivity index (χ0) is 16.7. The van der Waals surface area contributed by atoms with Gasteiger partial charge in [0, 0.05) is 30.3 Å². The maximum atomic E-state index is 12.5. The number of amides is 2. The third-order valence-electron chi connectivity index (χ3n) is 4.52. The van der Waals surface area contributed by atoms with Gasteiger partial charge in [0.2, 0.25) is 5.91 Å². The minimum absolute atomic E-state index is 0.0247. The maximum Gasteiger partial charge on any atom is 0.251 e. The average molecular weight is 317 g/mol. The van der Waals surface area contributed by atoms with E-state index in [1.54, 1.807) is 31.2 Å². The third-order valence-corrected chi connectivity index (χ3v) is 4.52. The lowest BCUT2D eigenvalue weighted by atomic mass is 9.84. The van der Waals surface area contributed by atoms with E-state index in [1.807, 2.05) is 0 Å². The normalized spacial score (nSPS) is 16.6. The van der Waals surface area contributed by atoms with Crippen LogP contribution >= 0.6 is 0 Å². The van der Waals surface area contributed by atoms with Gasteiger partial charge in [0.15, 0.2) is 0 Å². The molecular formula is C18H27N3O2. The van der Waals surface area contributed by atoms with E-state index in [1.165, 1.54) is 19.3 Å². The van der Waals surface area contributed by atoms with Crippen molar-refractivity contribution in [1.82, 2.24) is 5.32 Å². The number of hydrogen-bond acceptors (Lipinski definition) is 3. The van der Waals surface area contributed by atoms with Gasteiger partial charge in [-0.05, 0) is 37.0 Å². The molecule has 1 fully saturated rings. The number of nitrogens with one attached hydrogen (secondary N) is 2. The Morgan fingerprint density at radius 1 is 1.26 bits per heavy atom. The first-order chi connectivity index (χ1) is 11.1. The van der Waals surface area contributed by atoms with Gasteiger partial charge in [-0.3, -0.25) is 9.59 Å². The second-order valence-electron chi connectivity index (χ2n) is 6.20. The molecule has 1 aromatic rings. The van der Waals surface area contributed by atoms with Gasteiger partial charge in [0.05, 0.1) is 0 Å². The van der Waals surface area contributed by atoms with Crippen LogP contribution in [-0.4, -0.2) is 24.4 Å². The largest absolute Gasteiger partial charge is 0.348 e. The minimum Gasteiger partial charge on any atom is -0.348 e. The van der Waals surface area contributed by atoms with Crippen LogP contribution in [0.1, 0.15) is 55.8 Å². The number of carbonyl (C=O) groups excluding carboxylic acids is 2. The molecule has 1 aromatic carbocycles.